The van der Waals surface area contributed by atoms with E-state index in [0.717, 1.165) is 58.7 Å². The smallest absolute Gasteiger partial charge is 0.410 e. The lowest BCUT2D eigenvalue weighted by Crippen LogP contribution is -2.51. The maximum Gasteiger partial charge on any atom is 0.410 e. The van der Waals surface area contributed by atoms with Crippen LogP contribution in [0.1, 0.15) is 113 Å². The Balaban J connectivity index is 0.000000822. The van der Waals surface area contributed by atoms with Gasteiger partial charge in [-0.15, -0.1) is 24.8 Å². The number of amides is 2. The van der Waals surface area contributed by atoms with Crippen LogP contribution in [0.4, 0.5) is 9.59 Å². The first-order chi connectivity index (χ1) is 30.2. The van der Waals surface area contributed by atoms with Gasteiger partial charge in [0.25, 0.3) is 0 Å². The van der Waals surface area contributed by atoms with E-state index >= 15 is 0 Å². The van der Waals surface area contributed by atoms with Crippen LogP contribution in [0.25, 0.3) is 0 Å². The van der Waals surface area contributed by atoms with Crippen LogP contribution in [0.3, 0.4) is 0 Å². The van der Waals surface area contributed by atoms with E-state index in [0.29, 0.717) is 67.2 Å². The molecule has 3 aromatic heterocycles. The van der Waals surface area contributed by atoms with Gasteiger partial charge in [0.05, 0.1) is 25.9 Å². The largest absolute Gasteiger partial charge is 0.479 e. The summed E-state index contributed by atoms with van der Waals surface area (Å²) < 4.78 is 30.4. The van der Waals surface area contributed by atoms with Gasteiger partial charge in [0.2, 0.25) is 5.90 Å². The number of nitrogens with one attached hydrogen (secondary N) is 4. The van der Waals surface area contributed by atoms with Crippen LogP contribution in [0, 0.1) is 16.2 Å². The van der Waals surface area contributed by atoms with Crippen molar-refractivity contribution in [2.45, 2.75) is 119 Å². The number of piperidine rings is 1. The number of halogens is 2. The van der Waals surface area contributed by atoms with E-state index in [1.54, 1.807) is 46.6 Å². The first-order valence-electron chi connectivity index (χ1n) is 22.5. The first-order valence-corrected chi connectivity index (χ1v) is 22.5. The summed E-state index contributed by atoms with van der Waals surface area (Å²) in [6.07, 6.45) is 7.67. The molecule has 3 fully saturated rings. The van der Waals surface area contributed by atoms with E-state index < -0.39 is 5.60 Å². The van der Waals surface area contributed by atoms with Crippen molar-refractivity contribution in [2.75, 3.05) is 79.1 Å². The van der Waals surface area contributed by atoms with Crippen LogP contribution in [-0.2, 0) is 14.2 Å². The molecule has 0 aromatic carbocycles. The number of likely N-dealkylation sites (tertiary alicyclic amines) is 1. The van der Waals surface area contributed by atoms with E-state index in [1.807, 2.05) is 63.5 Å². The Morgan fingerprint density at radius 1 is 0.621 bits per heavy atom. The lowest BCUT2D eigenvalue weighted by molar-refractivity contribution is 0.0183. The van der Waals surface area contributed by atoms with Gasteiger partial charge in [-0.05, 0) is 131 Å². The molecule has 0 radical (unpaired) electrons. The highest BCUT2D eigenvalue weighted by molar-refractivity contribution is 5.94. The second-order valence-corrected chi connectivity index (χ2v) is 17.9. The highest BCUT2D eigenvalue weighted by Gasteiger charge is 2.28. The predicted octanol–water partition coefficient (Wildman–Crippen LogP) is 9.30. The molecular formula is C47H81Cl2N9O8. The van der Waals surface area contributed by atoms with Crippen LogP contribution in [-0.4, -0.2) is 157 Å². The zero-order valence-corrected chi connectivity index (χ0v) is 43.2. The van der Waals surface area contributed by atoms with Crippen molar-refractivity contribution in [3.05, 3.63) is 72.5 Å². The highest BCUT2D eigenvalue weighted by Crippen LogP contribution is 2.16. The molecule has 0 bridgehead atoms. The van der Waals surface area contributed by atoms with E-state index in [1.165, 1.54) is 19.8 Å². The second-order valence-electron chi connectivity index (χ2n) is 17.9. The van der Waals surface area contributed by atoms with Crippen LogP contribution in [0.5, 0.6) is 0 Å². The molecule has 2 amide bonds. The van der Waals surface area contributed by atoms with Gasteiger partial charge in [-0.3, -0.25) is 21.1 Å². The summed E-state index contributed by atoms with van der Waals surface area (Å²) in [5, 5.41) is 26.2. The van der Waals surface area contributed by atoms with Gasteiger partial charge in [0.1, 0.15) is 11.2 Å². The summed E-state index contributed by atoms with van der Waals surface area (Å²) in [4.78, 5) is 33.3. The Morgan fingerprint density at radius 2 is 0.985 bits per heavy atom. The molecule has 0 saturated carbocycles. The first kappa shape index (κ1) is 61.3. The Bertz CT molecular complexity index is 1750. The van der Waals surface area contributed by atoms with Gasteiger partial charge in [0, 0.05) is 77.5 Å². The molecule has 66 heavy (non-hydrogen) atoms. The molecule has 0 aliphatic carbocycles. The van der Waals surface area contributed by atoms with Crippen LogP contribution in [0.15, 0.2) is 68.4 Å². The van der Waals surface area contributed by atoms with Gasteiger partial charge in [-0.2, -0.15) is 0 Å². The van der Waals surface area contributed by atoms with E-state index in [-0.39, 0.29) is 48.5 Å². The minimum Gasteiger partial charge on any atom is -0.479 e. The number of methoxy groups -OCH3 is 1. The molecule has 3 saturated heterocycles. The van der Waals surface area contributed by atoms with Crippen molar-refractivity contribution < 1.29 is 37.1 Å². The minimum atomic E-state index is -0.477. The quantitative estimate of drug-likeness (QED) is 0.135. The van der Waals surface area contributed by atoms with E-state index in [2.05, 4.69) is 49.6 Å². The van der Waals surface area contributed by atoms with Gasteiger partial charge >= 0.3 is 12.2 Å². The van der Waals surface area contributed by atoms with E-state index in [4.69, 9.17) is 39.0 Å². The number of nitrogens with zero attached hydrogens (tertiary/aromatic N) is 5. The molecule has 4 N–H and O–H groups in total. The van der Waals surface area contributed by atoms with Crippen molar-refractivity contribution in [1.29, 1.82) is 16.2 Å². The van der Waals surface area contributed by atoms with Crippen LogP contribution >= 0.6 is 24.8 Å². The molecule has 19 heteroatoms. The molecule has 6 rings (SSSR count). The van der Waals surface area contributed by atoms with Gasteiger partial charge in [0.15, 0.2) is 29.0 Å². The lowest BCUT2D eigenvalue weighted by atomic mass is 10.1. The topological polar surface area (TPSA) is 201 Å². The number of carbonyl (C=O) groups is 2. The Labute approximate surface area is 406 Å². The molecule has 3 aromatic rings. The monoisotopic (exact) mass is 970 g/mol. The average Bonchev–Trinajstić information content (AvgIpc) is 4.09. The van der Waals surface area contributed by atoms with Crippen molar-refractivity contribution in [2.24, 2.45) is 0 Å². The standard InChI is InChI=1S/C14H21N3O3.C10H19NO2.C9H13N3O.C8H19N.C6H7NO2.2ClH/c1-14(2,3)20-13(18)17-8-6-16(7-9-17)12(15)11-5-4-10-19-11;1-10(2,3)13-9(12)11-7-5-4-6-8-11;10-9(8-2-1-7-13-8)12-5-3-11-4-6-12;1-6-9(7(2)3)8(4)5;1-8-6(7)5-3-2-4-9-5;;/h4-5,10,15H,6-9H2,1-3H3;4-8H2,1-3H3;1-2,7,10-11H,3-6H2;7-8H,6H2,1-5H3;2-4,7H,1H3;2*1H. The zero-order chi connectivity index (χ0) is 47.9. The Morgan fingerprint density at radius 3 is 1.30 bits per heavy atom. The predicted molar refractivity (Wildman–Crippen MR) is 266 cm³/mol. The van der Waals surface area contributed by atoms with Crippen molar-refractivity contribution in [1.82, 2.24) is 29.8 Å². The minimum absolute atomic E-state index is 0. The second kappa shape index (κ2) is 31.3. The normalized spacial score (nSPS) is 14.8. The number of furan rings is 3. The summed E-state index contributed by atoms with van der Waals surface area (Å²) >= 11 is 0. The summed E-state index contributed by atoms with van der Waals surface area (Å²) in [5.74, 6) is 2.57. The Hall–Kier alpha value is -4.71. The van der Waals surface area contributed by atoms with Gasteiger partial charge in [-0.25, -0.2) is 9.59 Å². The van der Waals surface area contributed by atoms with E-state index in [9.17, 15) is 9.59 Å². The summed E-state index contributed by atoms with van der Waals surface area (Å²) in [6, 6.07) is 11.9. The number of amidine groups is 2. The number of carbonyl (C=O) groups excluding carboxylic acids is 2. The molecule has 0 unspecified atom stereocenters. The highest BCUT2D eigenvalue weighted by atomic mass is 35.5. The average molecular weight is 971 g/mol. The SMILES string of the molecule is CC(C)(C)OC(=O)N1CCCCC1.CC(C)(C)OC(=O)N1CCN(C(=N)c2ccco2)CC1.CCN(C(C)C)C(C)C.COC(=N)c1ccco1.Cl.Cl.N=C(c1ccco1)N1CCNCC1. The van der Waals surface area contributed by atoms with Crippen molar-refractivity contribution in [3.63, 3.8) is 0 Å². The van der Waals surface area contributed by atoms with Crippen LogP contribution in [0.2, 0.25) is 0 Å². The molecular weight excluding hydrogens is 889 g/mol. The van der Waals surface area contributed by atoms with Gasteiger partial charge in [-0.1, -0.05) is 6.92 Å². The molecule has 3 aliphatic heterocycles. The fourth-order valence-corrected chi connectivity index (χ4v) is 6.70. The number of hydrogen-bond acceptors (Lipinski definition) is 13. The summed E-state index contributed by atoms with van der Waals surface area (Å²) in [5.41, 5.74) is -0.844. The molecule has 376 valence electrons. The van der Waals surface area contributed by atoms with Gasteiger partial charge < -0.3 is 52.4 Å². The van der Waals surface area contributed by atoms with Crippen LogP contribution < -0.4 is 5.32 Å². The Kier molecular flexibility index (Phi) is 29.1. The number of rotatable bonds is 6. The number of ether oxygens (including phenoxy) is 3. The summed E-state index contributed by atoms with van der Waals surface area (Å²) in [7, 11) is 1.44. The number of hydrogen-bond donors (Lipinski definition) is 4. The molecule has 3 aliphatic rings. The molecule has 6 heterocycles. The molecule has 0 atom stereocenters. The molecule has 0 spiro atoms. The third-order valence-corrected chi connectivity index (χ3v) is 9.84. The maximum atomic E-state index is 11.9. The lowest BCUT2D eigenvalue weighted by Gasteiger charge is -2.36. The number of piperazine rings is 2. The van der Waals surface area contributed by atoms with Crippen molar-refractivity contribution >= 4 is 54.6 Å². The fourth-order valence-electron chi connectivity index (χ4n) is 6.70. The third kappa shape index (κ3) is 23.7. The molecule has 17 nitrogen and oxygen atoms in total. The van der Waals surface area contributed by atoms with Crippen molar-refractivity contribution in [3.8, 4) is 0 Å². The zero-order valence-electron chi connectivity index (χ0n) is 41.6. The third-order valence-electron chi connectivity index (χ3n) is 9.84. The summed E-state index contributed by atoms with van der Waals surface area (Å²) in [6.45, 7) is 31.3. The fraction of sp³-hybridized carbons (Fsp3) is 0.638. The maximum absolute atomic E-state index is 11.9.